The predicted molar refractivity (Wildman–Crippen MR) is 70.6 cm³/mol. The van der Waals surface area contributed by atoms with E-state index in [0.29, 0.717) is 5.92 Å². The molecule has 2 nitrogen and oxygen atoms in total. The molecule has 0 heterocycles. The quantitative estimate of drug-likeness (QED) is 0.438. The van der Waals surface area contributed by atoms with Gasteiger partial charge in [-0.1, -0.05) is 47.6 Å². The van der Waals surface area contributed by atoms with E-state index in [2.05, 4.69) is 41.6 Å². The van der Waals surface area contributed by atoms with Gasteiger partial charge in [-0.2, -0.15) is 0 Å². The van der Waals surface area contributed by atoms with Crippen molar-refractivity contribution in [3.63, 3.8) is 0 Å². The van der Waals surface area contributed by atoms with E-state index in [1.807, 2.05) is 6.07 Å². The molecule has 0 saturated carbocycles. The summed E-state index contributed by atoms with van der Waals surface area (Å²) in [7, 11) is 0. The van der Waals surface area contributed by atoms with Gasteiger partial charge in [0.05, 0.1) is 5.71 Å². The second kappa shape index (κ2) is 6.24. The average Bonchev–Trinajstić information content (AvgIpc) is 2.51. The molecule has 0 amide bonds. The van der Waals surface area contributed by atoms with Crippen molar-refractivity contribution in [1.82, 2.24) is 0 Å². The third-order valence-electron chi connectivity index (χ3n) is 3.32. The summed E-state index contributed by atoms with van der Waals surface area (Å²) in [5.41, 5.74) is 2.27. The molecule has 0 saturated heterocycles. The van der Waals surface area contributed by atoms with Crippen molar-refractivity contribution in [2.75, 3.05) is 0 Å². The summed E-state index contributed by atoms with van der Waals surface area (Å²) >= 11 is 0. The first-order valence-corrected chi connectivity index (χ1v) is 6.30. The molecule has 0 radical (unpaired) electrons. The Morgan fingerprint density at radius 3 is 2.71 bits per heavy atom. The van der Waals surface area contributed by atoms with Crippen LogP contribution in [0.2, 0.25) is 0 Å². The van der Waals surface area contributed by atoms with Crippen LogP contribution in [-0.2, 0) is 0 Å². The third-order valence-corrected chi connectivity index (χ3v) is 3.32. The van der Waals surface area contributed by atoms with Crippen molar-refractivity contribution in [3.05, 3.63) is 48.0 Å². The standard InChI is InChI=1S/C15H19NO/c17-16-15-11-7-2-1-4-10-14(12-15)13-8-5-3-6-9-13/h1,3-6,8-9,14,17H,2,7,10-12H2/b4-1+,16-15+/t14-/m0/s1. The number of benzene rings is 1. The lowest BCUT2D eigenvalue weighted by Gasteiger charge is -2.15. The van der Waals surface area contributed by atoms with Crippen LogP contribution in [0.25, 0.3) is 0 Å². The molecule has 0 fully saturated rings. The number of hydrogen-bond acceptors (Lipinski definition) is 2. The van der Waals surface area contributed by atoms with Crippen LogP contribution in [0.5, 0.6) is 0 Å². The minimum atomic E-state index is 0.441. The molecule has 0 unspecified atom stereocenters. The van der Waals surface area contributed by atoms with Crippen LogP contribution in [0.3, 0.4) is 0 Å². The van der Waals surface area contributed by atoms with E-state index in [4.69, 9.17) is 5.21 Å². The van der Waals surface area contributed by atoms with Gasteiger partial charge in [-0.15, -0.1) is 0 Å². The van der Waals surface area contributed by atoms with E-state index < -0.39 is 0 Å². The number of hydrogen-bond donors (Lipinski definition) is 1. The summed E-state index contributed by atoms with van der Waals surface area (Å²) in [6.45, 7) is 0. The lowest BCUT2D eigenvalue weighted by Crippen LogP contribution is -2.06. The molecular weight excluding hydrogens is 210 g/mol. The molecule has 1 atom stereocenters. The van der Waals surface area contributed by atoms with Gasteiger partial charge in [-0.05, 0) is 43.6 Å². The van der Waals surface area contributed by atoms with Crippen LogP contribution in [0.15, 0.2) is 47.6 Å². The van der Waals surface area contributed by atoms with Crippen LogP contribution < -0.4 is 0 Å². The van der Waals surface area contributed by atoms with E-state index in [0.717, 1.165) is 37.8 Å². The Morgan fingerprint density at radius 2 is 1.94 bits per heavy atom. The van der Waals surface area contributed by atoms with Crippen LogP contribution in [0.1, 0.15) is 43.6 Å². The zero-order valence-electron chi connectivity index (χ0n) is 10.0. The monoisotopic (exact) mass is 229 g/mol. The SMILES string of the molecule is O/N=C1\CCC/C=C/C[C@H](c2ccccc2)C1. The van der Waals surface area contributed by atoms with Crippen LogP contribution in [0, 0.1) is 0 Å². The van der Waals surface area contributed by atoms with Crippen molar-refractivity contribution in [1.29, 1.82) is 0 Å². The van der Waals surface area contributed by atoms with Crippen LogP contribution in [0.4, 0.5) is 0 Å². The number of rotatable bonds is 1. The Kier molecular flexibility index (Phi) is 4.37. The predicted octanol–water partition coefficient (Wildman–Crippen LogP) is 4.12. The van der Waals surface area contributed by atoms with Crippen LogP contribution in [-0.4, -0.2) is 10.9 Å². The summed E-state index contributed by atoms with van der Waals surface area (Å²) in [5, 5.41) is 12.5. The fourth-order valence-electron chi connectivity index (χ4n) is 2.34. The fourth-order valence-corrected chi connectivity index (χ4v) is 2.34. The molecule has 0 aromatic heterocycles. The van der Waals surface area contributed by atoms with Gasteiger partial charge in [0, 0.05) is 0 Å². The molecule has 1 aromatic carbocycles. The van der Waals surface area contributed by atoms with Gasteiger partial charge >= 0.3 is 0 Å². The highest BCUT2D eigenvalue weighted by molar-refractivity contribution is 5.84. The van der Waals surface area contributed by atoms with E-state index in [-0.39, 0.29) is 0 Å². The maximum Gasteiger partial charge on any atom is 0.0577 e. The highest BCUT2D eigenvalue weighted by atomic mass is 16.4. The molecule has 0 spiro atoms. The zero-order valence-corrected chi connectivity index (χ0v) is 10.0. The van der Waals surface area contributed by atoms with Gasteiger partial charge in [0.15, 0.2) is 0 Å². The highest BCUT2D eigenvalue weighted by Gasteiger charge is 2.14. The fraction of sp³-hybridized carbons (Fsp3) is 0.400. The van der Waals surface area contributed by atoms with E-state index in [1.165, 1.54) is 5.56 Å². The third kappa shape index (κ3) is 3.45. The molecule has 2 heteroatoms. The van der Waals surface area contributed by atoms with Gasteiger partial charge < -0.3 is 5.21 Å². The number of allylic oxidation sites excluding steroid dienone is 2. The van der Waals surface area contributed by atoms with Gasteiger partial charge in [0.1, 0.15) is 0 Å². The normalized spacial score (nSPS) is 25.9. The minimum absolute atomic E-state index is 0.441. The van der Waals surface area contributed by atoms with Gasteiger partial charge in [0.25, 0.3) is 0 Å². The Hall–Kier alpha value is -1.57. The molecule has 17 heavy (non-hydrogen) atoms. The highest BCUT2D eigenvalue weighted by Crippen LogP contribution is 2.26. The summed E-state index contributed by atoms with van der Waals surface area (Å²) in [6.07, 6.45) is 9.48. The van der Waals surface area contributed by atoms with Crippen molar-refractivity contribution in [2.45, 2.75) is 38.0 Å². The molecule has 1 aromatic rings. The Labute approximate surface area is 103 Å². The number of nitrogens with zero attached hydrogens (tertiary/aromatic N) is 1. The molecule has 0 bridgehead atoms. The molecule has 1 N–H and O–H groups in total. The zero-order chi connectivity index (χ0) is 11.9. The van der Waals surface area contributed by atoms with Crippen molar-refractivity contribution in [3.8, 4) is 0 Å². The van der Waals surface area contributed by atoms with Gasteiger partial charge in [-0.3, -0.25) is 0 Å². The van der Waals surface area contributed by atoms with Gasteiger partial charge in [0.2, 0.25) is 0 Å². The van der Waals surface area contributed by atoms with Crippen molar-refractivity contribution >= 4 is 5.71 Å². The van der Waals surface area contributed by atoms with Crippen molar-refractivity contribution in [2.24, 2.45) is 5.16 Å². The van der Waals surface area contributed by atoms with Crippen molar-refractivity contribution < 1.29 is 5.21 Å². The summed E-state index contributed by atoms with van der Waals surface area (Å²) in [5.74, 6) is 0.441. The molecule has 1 aliphatic rings. The maximum absolute atomic E-state index is 9.03. The van der Waals surface area contributed by atoms with E-state index in [1.54, 1.807) is 0 Å². The lowest BCUT2D eigenvalue weighted by molar-refractivity contribution is 0.315. The minimum Gasteiger partial charge on any atom is -0.411 e. The summed E-state index contributed by atoms with van der Waals surface area (Å²) in [6, 6.07) is 10.5. The first kappa shape index (κ1) is 11.9. The topological polar surface area (TPSA) is 32.6 Å². The summed E-state index contributed by atoms with van der Waals surface area (Å²) in [4.78, 5) is 0. The first-order valence-electron chi connectivity index (χ1n) is 6.30. The molecule has 2 rings (SSSR count). The average molecular weight is 229 g/mol. The van der Waals surface area contributed by atoms with E-state index >= 15 is 0 Å². The Bertz CT molecular complexity index is 395. The molecule has 1 aliphatic carbocycles. The maximum atomic E-state index is 9.03. The number of oxime groups is 1. The molecule has 0 aliphatic heterocycles. The Balaban J connectivity index is 2.17. The smallest absolute Gasteiger partial charge is 0.0577 e. The molecular formula is C15H19NO. The molecule has 90 valence electrons. The largest absolute Gasteiger partial charge is 0.411 e. The summed E-state index contributed by atoms with van der Waals surface area (Å²) < 4.78 is 0. The first-order chi connectivity index (χ1) is 8.40. The second-order valence-electron chi connectivity index (χ2n) is 4.58. The van der Waals surface area contributed by atoms with E-state index in [9.17, 15) is 0 Å². The van der Waals surface area contributed by atoms with Gasteiger partial charge in [-0.25, -0.2) is 0 Å². The van der Waals surface area contributed by atoms with Crippen LogP contribution >= 0.6 is 0 Å². The Morgan fingerprint density at radius 1 is 1.12 bits per heavy atom. The lowest BCUT2D eigenvalue weighted by atomic mass is 9.90. The second-order valence-corrected chi connectivity index (χ2v) is 4.58.